The summed E-state index contributed by atoms with van der Waals surface area (Å²) in [4.78, 5) is 0.119. The lowest BCUT2D eigenvalue weighted by molar-refractivity contribution is 0.598. The van der Waals surface area contributed by atoms with Crippen molar-refractivity contribution < 1.29 is 12.8 Å². The van der Waals surface area contributed by atoms with Crippen molar-refractivity contribution >= 4 is 15.7 Å². The second kappa shape index (κ2) is 5.01. The molecule has 2 aromatic rings. The van der Waals surface area contributed by atoms with E-state index >= 15 is 0 Å². The van der Waals surface area contributed by atoms with Gasteiger partial charge in [0, 0.05) is 0 Å². The second-order valence-electron chi connectivity index (χ2n) is 4.41. The molecule has 0 radical (unpaired) electrons. The number of halogens is 1. The van der Waals surface area contributed by atoms with Crippen molar-refractivity contribution in [3.8, 4) is 0 Å². The Morgan fingerprint density at radius 1 is 1.00 bits per heavy atom. The van der Waals surface area contributed by atoms with E-state index in [4.69, 9.17) is 0 Å². The second-order valence-corrected chi connectivity index (χ2v) is 6.09. The van der Waals surface area contributed by atoms with Crippen molar-refractivity contribution in [3.05, 3.63) is 59.4 Å². The van der Waals surface area contributed by atoms with Gasteiger partial charge in [-0.15, -0.1) is 0 Å². The third kappa shape index (κ3) is 3.12. The van der Waals surface area contributed by atoms with Crippen LogP contribution in [0.5, 0.6) is 0 Å². The number of aryl methyl sites for hydroxylation is 2. The quantitative estimate of drug-likeness (QED) is 0.937. The smallest absolute Gasteiger partial charge is 0.261 e. The lowest BCUT2D eigenvalue weighted by Crippen LogP contribution is -2.14. The van der Waals surface area contributed by atoms with Crippen LogP contribution in [0.3, 0.4) is 0 Å². The van der Waals surface area contributed by atoms with Gasteiger partial charge in [-0.05, 0) is 49.2 Å². The van der Waals surface area contributed by atoms with Crippen molar-refractivity contribution in [2.45, 2.75) is 18.7 Å². The molecule has 0 aliphatic carbocycles. The molecular weight excluding hydrogens is 265 g/mol. The number of sulfonamides is 1. The SMILES string of the molecule is Cc1cccc(S(=O)(=O)Nc2cc(C)ccc2F)c1. The van der Waals surface area contributed by atoms with Crippen molar-refractivity contribution in [1.82, 2.24) is 0 Å². The highest BCUT2D eigenvalue weighted by molar-refractivity contribution is 7.92. The van der Waals surface area contributed by atoms with Gasteiger partial charge in [-0.2, -0.15) is 0 Å². The van der Waals surface area contributed by atoms with Gasteiger partial charge in [0.15, 0.2) is 0 Å². The molecule has 2 rings (SSSR count). The van der Waals surface area contributed by atoms with Crippen LogP contribution in [0.1, 0.15) is 11.1 Å². The third-order valence-electron chi connectivity index (χ3n) is 2.67. The molecule has 0 saturated heterocycles. The normalized spacial score (nSPS) is 11.3. The summed E-state index contributed by atoms with van der Waals surface area (Å²) in [6.07, 6.45) is 0. The zero-order valence-electron chi connectivity index (χ0n) is 10.6. The first-order chi connectivity index (χ1) is 8.88. The van der Waals surface area contributed by atoms with Crippen LogP contribution in [0.25, 0.3) is 0 Å². The molecule has 0 aromatic heterocycles. The van der Waals surface area contributed by atoms with Crippen LogP contribution in [-0.2, 0) is 10.0 Å². The van der Waals surface area contributed by atoms with Gasteiger partial charge in [-0.1, -0.05) is 18.2 Å². The minimum atomic E-state index is -3.77. The van der Waals surface area contributed by atoms with E-state index in [0.29, 0.717) is 0 Å². The Bertz CT molecular complexity index is 711. The van der Waals surface area contributed by atoms with E-state index in [2.05, 4.69) is 4.72 Å². The van der Waals surface area contributed by atoms with Crippen molar-refractivity contribution in [2.75, 3.05) is 4.72 Å². The first-order valence-electron chi connectivity index (χ1n) is 5.74. The van der Waals surface area contributed by atoms with Gasteiger partial charge < -0.3 is 0 Å². The molecule has 0 fully saturated rings. The summed E-state index contributed by atoms with van der Waals surface area (Å²) in [6, 6.07) is 10.7. The van der Waals surface area contributed by atoms with E-state index in [0.717, 1.165) is 11.1 Å². The summed E-state index contributed by atoms with van der Waals surface area (Å²) < 4.78 is 40.1. The van der Waals surface area contributed by atoms with E-state index in [1.807, 2.05) is 0 Å². The van der Waals surface area contributed by atoms with Crippen LogP contribution < -0.4 is 4.72 Å². The number of hydrogen-bond donors (Lipinski definition) is 1. The lowest BCUT2D eigenvalue weighted by Gasteiger charge is -2.10. The molecule has 0 saturated carbocycles. The fourth-order valence-corrected chi connectivity index (χ4v) is 2.87. The highest BCUT2D eigenvalue weighted by Gasteiger charge is 2.16. The monoisotopic (exact) mass is 279 g/mol. The molecule has 0 heterocycles. The minimum absolute atomic E-state index is 0.0403. The van der Waals surface area contributed by atoms with Gasteiger partial charge in [-0.25, -0.2) is 12.8 Å². The molecule has 0 spiro atoms. The number of rotatable bonds is 3. The highest BCUT2D eigenvalue weighted by Crippen LogP contribution is 2.20. The van der Waals surface area contributed by atoms with Crippen LogP contribution >= 0.6 is 0 Å². The maximum absolute atomic E-state index is 13.6. The van der Waals surface area contributed by atoms with Gasteiger partial charge in [-0.3, -0.25) is 4.72 Å². The summed E-state index contributed by atoms with van der Waals surface area (Å²) in [6.45, 7) is 3.57. The van der Waals surface area contributed by atoms with E-state index in [9.17, 15) is 12.8 Å². The predicted molar refractivity (Wildman–Crippen MR) is 73.1 cm³/mol. The molecule has 0 aliphatic heterocycles. The number of anilines is 1. The fourth-order valence-electron chi connectivity index (χ4n) is 1.70. The van der Waals surface area contributed by atoms with Crippen LogP contribution in [0.4, 0.5) is 10.1 Å². The maximum Gasteiger partial charge on any atom is 0.261 e. The van der Waals surface area contributed by atoms with Crippen molar-refractivity contribution in [3.63, 3.8) is 0 Å². The molecule has 1 N–H and O–H groups in total. The molecule has 0 unspecified atom stereocenters. The fraction of sp³-hybridized carbons (Fsp3) is 0.143. The highest BCUT2D eigenvalue weighted by atomic mass is 32.2. The molecule has 19 heavy (non-hydrogen) atoms. The molecule has 0 atom stereocenters. The van der Waals surface area contributed by atoms with Gasteiger partial charge >= 0.3 is 0 Å². The molecule has 0 amide bonds. The Morgan fingerprint density at radius 3 is 2.37 bits per heavy atom. The van der Waals surface area contributed by atoms with Crippen LogP contribution in [-0.4, -0.2) is 8.42 Å². The average Bonchev–Trinajstić information content (AvgIpc) is 2.33. The van der Waals surface area contributed by atoms with E-state index in [1.165, 1.54) is 24.3 Å². The summed E-state index contributed by atoms with van der Waals surface area (Å²) in [5.41, 5.74) is 1.57. The topological polar surface area (TPSA) is 46.2 Å². The average molecular weight is 279 g/mol. The summed E-state index contributed by atoms with van der Waals surface area (Å²) in [7, 11) is -3.77. The summed E-state index contributed by atoms with van der Waals surface area (Å²) in [5, 5.41) is 0. The molecule has 0 aliphatic rings. The van der Waals surface area contributed by atoms with E-state index < -0.39 is 15.8 Å². The number of hydrogen-bond acceptors (Lipinski definition) is 2. The van der Waals surface area contributed by atoms with Crippen molar-refractivity contribution in [1.29, 1.82) is 0 Å². The number of nitrogens with one attached hydrogen (secondary N) is 1. The van der Waals surface area contributed by atoms with Crippen LogP contribution in [0, 0.1) is 19.7 Å². The first-order valence-corrected chi connectivity index (χ1v) is 7.22. The molecule has 2 aromatic carbocycles. The first kappa shape index (κ1) is 13.5. The predicted octanol–water partition coefficient (Wildman–Crippen LogP) is 3.24. The van der Waals surface area contributed by atoms with E-state index in [1.54, 1.807) is 32.0 Å². The zero-order valence-corrected chi connectivity index (χ0v) is 11.5. The zero-order chi connectivity index (χ0) is 14.0. The van der Waals surface area contributed by atoms with Gasteiger partial charge in [0.1, 0.15) is 5.82 Å². The Balaban J connectivity index is 2.39. The molecule has 100 valence electrons. The number of benzene rings is 2. The van der Waals surface area contributed by atoms with Gasteiger partial charge in [0.25, 0.3) is 10.0 Å². The Morgan fingerprint density at radius 2 is 1.68 bits per heavy atom. The molecular formula is C14H14FNO2S. The maximum atomic E-state index is 13.6. The third-order valence-corrected chi connectivity index (χ3v) is 4.03. The van der Waals surface area contributed by atoms with Crippen LogP contribution in [0.2, 0.25) is 0 Å². The minimum Gasteiger partial charge on any atom is -0.277 e. The Hall–Kier alpha value is -1.88. The van der Waals surface area contributed by atoms with Gasteiger partial charge in [0.2, 0.25) is 0 Å². The van der Waals surface area contributed by atoms with Crippen LogP contribution in [0.15, 0.2) is 47.4 Å². The largest absolute Gasteiger partial charge is 0.277 e. The Kier molecular flexibility index (Phi) is 3.57. The summed E-state index contributed by atoms with van der Waals surface area (Å²) in [5.74, 6) is -0.596. The van der Waals surface area contributed by atoms with E-state index in [-0.39, 0.29) is 10.6 Å². The molecule has 5 heteroatoms. The van der Waals surface area contributed by atoms with Crippen molar-refractivity contribution in [2.24, 2.45) is 0 Å². The lowest BCUT2D eigenvalue weighted by atomic mass is 10.2. The Labute approximate surface area is 112 Å². The molecule has 3 nitrogen and oxygen atoms in total. The van der Waals surface area contributed by atoms with Gasteiger partial charge in [0.05, 0.1) is 10.6 Å². The molecule has 0 bridgehead atoms. The summed E-state index contributed by atoms with van der Waals surface area (Å²) >= 11 is 0. The standard InChI is InChI=1S/C14H14FNO2S/c1-10-4-3-5-12(8-10)19(17,18)16-14-9-11(2)6-7-13(14)15/h3-9,16H,1-2H3.